The Morgan fingerprint density at radius 3 is 2.21 bits per heavy atom. The van der Waals surface area contributed by atoms with Crippen molar-refractivity contribution in [3.8, 4) is 0 Å². The van der Waals surface area contributed by atoms with Gasteiger partial charge in [-0.15, -0.1) is 0 Å². The standard InChI is InChI=1S/C22H28N4O2/c1-25(20-10-6-3-7-11-20)16-21(27)24-19-12-14-26(15-13-19)17-22(28)23-18-8-4-2-5-9-18/h2-11,19H,12-17H2,1H3,(H,23,28)(H,24,27). The molecule has 0 bridgehead atoms. The van der Waals surface area contributed by atoms with Crippen molar-refractivity contribution in [2.45, 2.75) is 18.9 Å². The molecule has 1 aliphatic rings. The molecule has 2 aromatic rings. The van der Waals surface area contributed by atoms with Crippen LogP contribution in [0.5, 0.6) is 0 Å². The summed E-state index contributed by atoms with van der Waals surface area (Å²) < 4.78 is 0. The molecule has 1 aliphatic heterocycles. The largest absolute Gasteiger partial charge is 0.365 e. The van der Waals surface area contributed by atoms with E-state index in [-0.39, 0.29) is 17.9 Å². The molecule has 1 heterocycles. The molecule has 0 aromatic heterocycles. The van der Waals surface area contributed by atoms with Crippen LogP contribution in [0.15, 0.2) is 60.7 Å². The average Bonchev–Trinajstić information content (AvgIpc) is 2.71. The number of likely N-dealkylation sites (N-methyl/N-ethyl adjacent to an activating group) is 1. The second-order valence-corrected chi connectivity index (χ2v) is 7.22. The number of anilines is 2. The van der Waals surface area contributed by atoms with Crippen molar-refractivity contribution in [2.75, 3.05) is 43.4 Å². The Bertz CT molecular complexity index is 759. The smallest absolute Gasteiger partial charge is 0.239 e. The zero-order valence-corrected chi connectivity index (χ0v) is 16.3. The van der Waals surface area contributed by atoms with Crippen LogP contribution in [0.4, 0.5) is 11.4 Å². The van der Waals surface area contributed by atoms with Crippen LogP contribution in [0.3, 0.4) is 0 Å². The van der Waals surface area contributed by atoms with Crippen LogP contribution < -0.4 is 15.5 Å². The summed E-state index contributed by atoms with van der Waals surface area (Å²) in [6.45, 7) is 2.33. The molecule has 2 amide bonds. The second-order valence-electron chi connectivity index (χ2n) is 7.22. The Labute approximate surface area is 166 Å². The van der Waals surface area contributed by atoms with Gasteiger partial charge in [-0.05, 0) is 37.1 Å². The van der Waals surface area contributed by atoms with E-state index in [2.05, 4.69) is 15.5 Å². The van der Waals surface area contributed by atoms with E-state index in [1.54, 1.807) is 0 Å². The highest BCUT2D eigenvalue weighted by molar-refractivity contribution is 5.92. The van der Waals surface area contributed by atoms with Crippen LogP contribution in [0.2, 0.25) is 0 Å². The molecule has 0 atom stereocenters. The minimum Gasteiger partial charge on any atom is -0.365 e. The van der Waals surface area contributed by atoms with Crippen molar-refractivity contribution in [2.24, 2.45) is 0 Å². The maximum absolute atomic E-state index is 12.3. The van der Waals surface area contributed by atoms with Gasteiger partial charge in [0.25, 0.3) is 0 Å². The quantitative estimate of drug-likeness (QED) is 0.774. The Morgan fingerprint density at radius 1 is 0.964 bits per heavy atom. The number of benzene rings is 2. The third-order valence-electron chi connectivity index (χ3n) is 4.96. The molecule has 2 aromatic carbocycles. The van der Waals surface area contributed by atoms with Gasteiger partial charge >= 0.3 is 0 Å². The van der Waals surface area contributed by atoms with Gasteiger partial charge in [-0.25, -0.2) is 0 Å². The Morgan fingerprint density at radius 2 is 1.57 bits per heavy atom. The zero-order valence-electron chi connectivity index (χ0n) is 16.3. The first-order chi connectivity index (χ1) is 13.6. The maximum atomic E-state index is 12.3. The maximum Gasteiger partial charge on any atom is 0.239 e. The number of nitrogens with one attached hydrogen (secondary N) is 2. The minimum atomic E-state index is -0.00169. The summed E-state index contributed by atoms with van der Waals surface area (Å²) in [6, 6.07) is 19.5. The van der Waals surface area contributed by atoms with Crippen molar-refractivity contribution >= 4 is 23.2 Å². The molecular formula is C22H28N4O2. The lowest BCUT2D eigenvalue weighted by Crippen LogP contribution is -2.48. The number of hydrogen-bond acceptors (Lipinski definition) is 4. The molecule has 3 rings (SSSR count). The van der Waals surface area contributed by atoms with Gasteiger partial charge < -0.3 is 15.5 Å². The number of likely N-dealkylation sites (tertiary alicyclic amines) is 1. The molecule has 1 saturated heterocycles. The average molecular weight is 380 g/mol. The topological polar surface area (TPSA) is 64.7 Å². The lowest BCUT2D eigenvalue weighted by Gasteiger charge is -2.32. The molecule has 2 N–H and O–H groups in total. The first-order valence-electron chi connectivity index (χ1n) is 9.73. The van der Waals surface area contributed by atoms with E-state index >= 15 is 0 Å². The van der Waals surface area contributed by atoms with Gasteiger partial charge in [0.2, 0.25) is 11.8 Å². The van der Waals surface area contributed by atoms with Crippen molar-refractivity contribution < 1.29 is 9.59 Å². The minimum absolute atomic E-state index is 0.00169. The highest BCUT2D eigenvalue weighted by Crippen LogP contribution is 2.13. The molecule has 0 spiro atoms. The highest BCUT2D eigenvalue weighted by Gasteiger charge is 2.22. The number of piperidine rings is 1. The third-order valence-corrected chi connectivity index (χ3v) is 4.96. The van der Waals surface area contributed by atoms with Crippen molar-refractivity contribution in [3.05, 3.63) is 60.7 Å². The molecule has 0 radical (unpaired) electrons. The van der Waals surface area contributed by atoms with Gasteiger partial charge in [0.05, 0.1) is 13.1 Å². The van der Waals surface area contributed by atoms with Crippen LogP contribution in [-0.2, 0) is 9.59 Å². The summed E-state index contributed by atoms with van der Waals surface area (Å²) in [4.78, 5) is 28.6. The van der Waals surface area contributed by atoms with Crippen LogP contribution in [0.25, 0.3) is 0 Å². The van der Waals surface area contributed by atoms with Gasteiger partial charge in [0.15, 0.2) is 0 Å². The van der Waals surface area contributed by atoms with Gasteiger partial charge in [0.1, 0.15) is 0 Å². The molecule has 0 unspecified atom stereocenters. The fourth-order valence-electron chi connectivity index (χ4n) is 3.42. The van der Waals surface area contributed by atoms with E-state index in [1.807, 2.05) is 72.6 Å². The Hall–Kier alpha value is -2.86. The van der Waals surface area contributed by atoms with Crippen LogP contribution >= 0.6 is 0 Å². The van der Waals surface area contributed by atoms with E-state index < -0.39 is 0 Å². The highest BCUT2D eigenvalue weighted by atomic mass is 16.2. The first-order valence-corrected chi connectivity index (χ1v) is 9.73. The van der Waals surface area contributed by atoms with Crippen LogP contribution in [0.1, 0.15) is 12.8 Å². The van der Waals surface area contributed by atoms with E-state index in [1.165, 1.54) is 0 Å². The molecule has 148 valence electrons. The number of rotatable bonds is 7. The van der Waals surface area contributed by atoms with E-state index in [9.17, 15) is 9.59 Å². The third kappa shape index (κ3) is 6.09. The molecule has 0 saturated carbocycles. The van der Waals surface area contributed by atoms with E-state index in [0.29, 0.717) is 13.1 Å². The number of para-hydroxylation sites is 2. The van der Waals surface area contributed by atoms with Crippen molar-refractivity contribution in [1.29, 1.82) is 0 Å². The number of hydrogen-bond donors (Lipinski definition) is 2. The number of carbonyl (C=O) groups excluding carboxylic acids is 2. The zero-order chi connectivity index (χ0) is 19.8. The number of carbonyl (C=O) groups is 2. The fourth-order valence-corrected chi connectivity index (χ4v) is 3.42. The summed E-state index contributed by atoms with van der Waals surface area (Å²) in [6.07, 6.45) is 1.72. The number of nitrogens with zero attached hydrogens (tertiary/aromatic N) is 2. The molecule has 1 fully saturated rings. The van der Waals surface area contributed by atoms with Gasteiger partial charge in [-0.2, -0.15) is 0 Å². The SMILES string of the molecule is CN(CC(=O)NC1CCN(CC(=O)Nc2ccccc2)CC1)c1ccccc1. The molecule has 6 nitrogen and oxygen atoms in total. The van der Waals surface area contributed by atoms with Crippen LogP contribution in [0, 0.1) is 0 Å². The Kier molecular flexibility index (Phi) is 7.03. The summed E-state index contributed by atoms with van der Waals surface area (Å²) in [7, 11) is 1.92. The molecule has 6 heteroatoms. The molecular weight excluding hydrogens is 352 g/mol. The number of amides is 2. The summed E-state index contributed by atoms with van der Waals surface area (Å²) in [5.41, 5.74) is 1.84. The van der Waals surface area contributed by atoms with E-state index in [4.69, 9.17) is 0 Å². The monoisotopic (exact) mass is 380 g/mol. The lowest BCUT2D eigenvalue weighted by atomic mass is 10.0. The molecule has 28 heavy (non-hydrogen) atoms. The van der Waals surface area contributed by atoms with Crippen molar-refractivity contribution in [1.82, 2.24) is 10.2 Å². The normalized spacial score (nSPS) is 15.0. The second kappa shape index (κ2) is 9.90. The first kappa shape index (κ1) is 19.9. The van der Waals surface area contributed by atoms with E-state index in [0.717, 1.165) is 37.3 Å². The lowest BCUT2D eigenvalue weighted by molar-refractivity contribution is -0.121. The van der Waals surface area contributed by atoms with Gasteiger partial charge in [-0.3, -0.25) is 14.5 Å². The van der Waals surface area contributed by atoms with Gasteiger partial charge in [0, 0.05) is 37.6 Å². The Balaban J connectivity index is 1.36. The predicted octanol–water partition coefficient (Wildman–Crippen LogP) is 2.34. The summed E-state index contributed by atoms with van der Waals surface area (Å²) in [5, 5.41) is 6.04. The molecule has 0 aliphatic carbocycles. The van der Waals surface area contributed by atoms with Gasteiger partial charge in [-0.1, -0.05) is 36.4 Å². The fraction of sp³-hybridized carbons (Fsp3) is 0.364. The summed E-state index contributed by atoms with van der Waals surface area (Å²) in [5.74, 6) is 0.0322. The predicted molar refractivity (Wildman–Crippen MR) is 112 cm³/mol. The van der Waals surface area contributed by atoms with Crippen molar-refractivity contribution in [3.63, 3.8) is 0 Å². The van der Waals surface area contributed by atoms with Crippen LogP contribution in [-0.4, -0.2) is 56.0 Å². The summed E-state index contributed by atoms with van der Waals surface area (Å²) >= 11 is 0.